The second-order valence-corrected chi connectivity index (χ2v) is 5.09. The maximum Gasteiger partial charge on any atom is 0.103 e. The molecule has 1 saturated heterocycles. The minimum absolute atomic E-state index is 0.0774. The zero-order valence-electron chi connectivity index (χ0n) is 9.59. The van der Waals surface area contributed by atoms with Crippen LogP contribution in [0, 0.1) is 11.8 Å². The Kier molecular flexibility index (Phi) is 3.25. The maximum absolute atomic E-state index is 13.4. The van der Waals surface area contributed by atoms with Gasteiger partial charge in [0.15, 0.2) is 0 Å². The van der Waals surface area contributed by atoms with Gasteiger partial charge in [-0.25, -0.2) is 4.39 Å². The molecule has 2 aliphatic rings. The lowest BCUT2D eigenvalue weighted by Crippen LogP contribution is -2.24. The van der Waals surface area contributed by atoms with Gasteiger partial charge in [-0.2, -0.15) is 0 Å². The molecule has 0 aromatic carbocycles. The van der Waals surface area contributed by atoms with Crippen LogP contribution in [-0.4, -0.2) is 12.6 Å². The highest BCUT2D eigenvalue weighted by molar-refractivity contribution is 5.25. The molecule has 1 nitrogen and oxygen atoms in total. The highest BCUT2D eigenvalue weighted by atomic mass is 19.1. The topological polar surface area (TPSA) is 12.0 Å². The minimum Gasteiger partial charge on any atom is -0.314 e. The summed E-state index contributed by atoms with van der Waals surface area (Å²) in [5.41, 5.74) is 0.805. The van der Waals surface area contributed by atoms with Crippen molar-refractivity contribution in [3.05, 3.63) is 23.6 Å². The van der Waals surface area contributed by atoms with Crippen LogP contribution in [0.4, 0.5) is 4.39 Å². The summed E-state index contributed by atoms with van der Waals surface area (Å²) >= 11 is 0. The Balaban J connectivity index is 1.85. The average molecular weight is 209 g/mol. The molecule has 0 aromatic rings. The summed E-state index contributed by atoms with van der Waals surface area (Å²) in [7, 11) is 0. The lowest BCUT2D eigenvalue weighted by molar-refractivity contribution is 0.424. The lowest BCUT2D eigenvalue weighted by Gasteiger charge is -2.20. The first kappa shape index (κ1) is 10.9. The first-order chi connectivity index (χ1) is 7.15. The number of allylic oxidation sites excluding steroid dienone is 4. The normalized spacial score (nSPS) is 36.3. The van der Waals surface area contributed by atoms with E-state index in [2.05, 4.69) is 18.3 Å². The predicted molar refractivity (Wildman–Crippen MR) is 61.2 cm³/mol. The summed E-state index contributed by atoms with van der Waals surface area (Å²) in [6.45, 7) is 5.24. The second kappa shape index (κ2) is 4.48. The fourth-order valence-electron chi connectivity index (χ4n) is 2.56. The van der Waals surface area contributed by atoms with Gasteiger partial charge in [0, 0.05) is 12.5 Å². The van der Waals surface area contributed by atoms with E-state index in [1.54, 1.807) is 0 Å². The van der Waals surface area contributed by atoms with Crippen LogP contribution in [0.3, 0.4) is 0 Å². The number of hydrogen-bond donors (Lipinski definition) is 1. The first-order valence-electron chi connectivity index (χ1n) is 5.92. The van der Waals surface area contributed by atoms with E-state index in [1.165, 1.54) is 6.42 Å². The summed E-state index contributed by atoms with van der Waals surface area (Å²) in [5.74, 6) is 1.26. The van der Waals surface area contributed by atoms with Crippen molar-refractivity contribution in [2.24, 2.45) is 11.8 Å². The Labute approximate surface area is 91.4 Å². The van der Waals surface area contributed by atoms with E-state index in [0.29, 0.717) is 18.4 Å². The van der Waals surface area contributed by atoms with Crippen LogP contribution in [0.2, 0.25) is 0 Å². The summed E-state index contributed by atoms with van der Waals surface area (Å²) in [5, 5.41) is 3.51. The smallest absolute Gasteiger partial charge is 0.103 e. The molecule has 0 saturated carbocycles. The molecule has 2 unspecified atom stereocenters. The molecular weight excluding hydrogens is 189 g/mol. The van der Waals surface area contributed by atoms with E-state index >= 15 is 0 Å². The summed E-state index contributed by atoms with van der Waals surface area (Å²) in [6, 6.07) is 0.598. The van der Waals surface area contributed by atoms with E-state index in [1.807, 2.05) is 13.0 Å². The van der Waals surface area contributed by atoms with Crippen LogP contribution in [0.5, 0.6) is 0 Å². The quantitative estimate of drug-likeness (QED) is 0.736. The predicted octanol–water partition coefficient (Wildman–Crippen LogP) is 3.19. The van der Waals surface area contributed by atoms with Crippen LogP contribution in [-0.2, 0) is 0 Å². The molecule has 15 heavy (non-hydrogen) atoms. The molecule has 0 radical (unpaired) electrons. The number of halogens is 1. The van der Waals surface area contributed by atoms with Crippen LogP contribution >= 0.6 is 0 Å². The molecule has 2 rings (SSSR count). The van der Waals surface area contributed by atoms with Gasteiger partial charge in [0.25, 0.3) is 0 Å². The zero-order valence-corrected chi connectivity index (χ0v) is 9.59. The van der Waals surface area contributed by atoms with Gasteiger partial charge in [0.2, 0.25) is 0 Å². The first-order valence-corrected chi connectivity index (χ1v) is 5.92. The van der Waals surface area contributed by atoms with Crippen molar-refractivity contribution in [1.29, 1.82) is 0 Å². The van der Waals surface area contributed by atoms with E-state index in [-0.39, 0.29) is 5.83 Å². The van der Waals surface area contributed by atoms with Crippen molar-refractivity contribution in [3.8, 4) is 0 Å². The monoisotopic (exact) mass is 209 g/mol. The Morgan fingerprint density at radius 2 is 2.33 bits per heavy atom. The molecule has 1 heterocycles. The number of hydrogen-bond acceptors (Lipinski definition) is 1. The minimum atomic E-state index is 0.0774. The molecule has 1 fully saturated rings. The third kappa shape index (κ3) is 2.69. The van der Waals surface area contributed by atoms with Crippen molar-refractivity contribution in [2.75, 3.05) is 6.54 Å². The van der Waals surface area contributed by atoms with Crippen LogP contribution in [0.15, 0.2) is 23.6 Å². The zero-order chi connectivity index (χ0) is 10.8. The summed E-state index contributed by atoms with van der Waals surface area (Å²) in [4.78, 5) is 0. The molecule has 1 N–H and O–H groups in total. The molecule has 0 aromatic heterocycles. The van der Waals surface area contributed by atoms with Gasteiger partial charge in [0.05, 0.1) is 0 Å². The van der Waals surface area contributed by atoms with Gasteiger partial charge in [-0.15, -0.1) is 0 Å². The Hall–Kier alpha value is -0.630. The molecule has 0 spiro atoms. The van der Waals surface area contributed by atoms with Crippen molar-refractivity contribution < 1.29 is 4.39 Å². The number of nitrogens with one attached hydrogen (secondary N) is 1. The fourth-order valence-corrected chi connectivity index (χ4v) is 2.56. The average Bonchev–Trinajstić information content (AvgIpc) is 2.58. The Bertz CT molecular complexity index is 293. The highest BCUT2D eigenvalue weighted by Gasteiger charge is 2.24. The van der Waals surface area contributed by atoms with Crippen LogP contribution in [0.25, 0.3) is 0 Å². The van der Waals surface area contributed by atoms with Gasteiger partial charge < -0.3 is 5.32 Å². The maximum atomic E-state index is 13.4. The third-order valence-electron chi connectivity index (χ3n) is 3.52. The van der Waals surface area contributed by atoms with Crippen molar-refractivity contribution in [2.45, 2.75) is 39.2 Å². The van der Waals surface area contributed by atoms with Crippen molar-refractivity contribution in [3.63, 3.8) is 0 Å². The summed E-state index contributed by atoms with van der Waals surface area (Å²) < 4.78 is 13.4. The molecule has 1 aliphatic heterocycles. The van der Waals surface area contributed by atoms with E-state index < -0.39 is 0 Å². The Morgan fingerprint density at radius 3 is 2.93 bits per heavy atom. The fraction of sp³-hybridized carbons (Fsp3) is 0.692. The molecule has 1 aliphatic carbocycles. The van der Waals surface area contributed by atoms with E-state index in [9.17, 15) is 4.39 Å². The third-order valence-corrected chi connectivity index (χ3v) is 3.52. The second-order valence-electron chi connectivity index (χ2n) is 5.09. The van der Waals surface area contributed by atoms with Crippen LogP contribution < -0.4 is 5.32 Å². The molecular formula is C13H20FN. The molecule has 2 heteroatoms. The van der Waals surface area contributed by atoms with Crippen molar-refractivity contribution >= 4 is 0 Å². The van der Waals surface area contributed by atoms with Crippen molar-refractivity contribution in [1.82, 2.24) is 5.32 Å². The SMILES string of the molecule is CC1=C(F)CC(C[C@@H]2CC(C)CN2)C=C1. The summed E-state index contributed by atoms with van der Waals surface area (Å²) in [6.07, 6.45) is 7.04. The van der Waals surface area contributed by atoms with Gasteiger partial charge in [-0.3, -0.25) is 0 Å². The van der Waals surface area contributed by atoms with Gasteiger partial charge in [-0.05, 0) is 43.7 Å². The van der Waals surface area contributed by atoms with Gasteiger partial charge in [0.1, 0.15) is 5.83 Å². The van der Waals surface area contributed by atoms with E-state index in [0.717, 1.165) is 24.5 Å². The van der Waals surface area contributed by atoms with Gasteiger partial charge in [-0.1, -0.05) is 19.1 Å². The molecule has 0 bridgehead atoms. The van der Waals surface area contributed by atoms with E-state index in [4.69, 9.17) is 0 Å². The highest BCUT2D eigenvalue weighted by Crippen LogP contribution is 2.29. The molecule has 84 valence electrons. The number of rotatable bonds is 2. The lowest BCUT2D eigenvalue weighted by atomic mass is 9.89. The molecule has 3 atom stereocenters. The van der Waals surface area contributed by atoms with Crippen LogP contribution in [0.1, 0.15) is 33.1 Å². The largest absolute Gasteiger partial charge is 0.314 e. The Morgan fingerprint density at radius 1 is 1.53 bits per heavy atom. The molecule has 0 amide bonds. The standard InChI is InChI=1S/C13H20FN/c1-9-5-12(15-8-9)6-11-4-3-10(2)13(14)7-11/h3-4,9,11-12,15H,5-8H2,1-2H3/t9?,11?,12-/m0/s1. The van der Waals surface area contributed by atoms with Gasteiger partial charge >= 0.3 is 0 Å².